The monoisotopic (exact) mass is 215 g/mol. The molecule has 0 spiro atoms. The van der Waals surface area contributed by atoms with Gasteiger partial charge in [-0.1, -0.05) is 30.3 Å². The van der Waals surface area contributed by atoms with Crippen molar-refractivity contribution >= 4 is 12.0 Å². The predicted octanol–water partition coefficient (Wildman–Crippen LogP) is 2.34. The van der Waals surface area contributed by atoms with Crippen LogP contribution in [0.5, 0.6) is 0 Å². The van der Waals surface area contributed by atoms with Crippen molar-refractivity contribution in [2.45, 2.75) is 6.30 Å². The van der Waals surface area contributed by atoms with E-state index in [2.05, 4.69) is 0 Å². The maximum absolute atomic E-state index is 11.7. The summed E-state index contributed by atoms with van der Waals surface area (Å²) in [4.78, 5) is 10.7. The molecule has 0 bridgehead atoms. The van der Waals surface area contributed by atoms with Crippen LogP contribution in [0.1, 0.15) is 5.56 Å². The third-order valence-electron chi connectivity index (χ3n) is 1.49. The number of carbonyl (C=O) groups is 1. The fourth-order valence-corrected chi connectivity index (χ4v) is 0.917. The van der Waals surface area contributed by atoms with Crippen molar-refractivity contribution in [2.75, 3.05) is 0 Å². The second-order valence-corrected chi connectivity index (χ2v) is 2.73. The molecule has 0 atom stereocenters. The van der Waals surface area contributed by atoms with Crippen molar-refractivity contribution in [2.24, 2.45) is 0 Å². The molecule has 15 heavy (non-hydrogen) atoms. The minimum absolute atomic E-state index is 0.662. The molecule has 1 aromatic carbocycles. The minimum atomic E-state index is -4.68. The average Bonchev–Trinajstić information content (AvgIpc) is 2.14. The van der Waals surface area contributed by atoms with E-state index in [0.717, 1.165) is 11.4 Å². The van der Waals surface area contributed by atoms with Crippen LogP contribution in [-0.4, -0.2) is 12.2 Å². The maximum Gasteiger partial charge on any atom is 0.484 e. The number of halogens is 3. The van der Waals surface area contributed by atoms with Gasteiger partial charge in [-0.25, -0.2) is 0 Å². The fraction of sp³-hybridized carbons (Fsp3) is 0.100. The summed E-state index contributed by atoms with van der Waals surface area (Å²) in [6.07, 6.45) is -2.54. The molecule has 1 amide bonds. The van der Waals surface area contributed by atoms with Crippen LogP contribution in [-0.2, 0) is 4.79 Å². The zero-order valence-electron chi connectivity index (χ0n) is 7.58. The molecular formula is C10H8F3NO. The van der Waals surface area contributed by atoms with Gasteiger partial charge in [-0.3, -0.25) is 10.1 Å². The van der Waals surface area contributed by atoms with E-state index in [0.29, 0.717) is 5.56 Å². The Morgan fingerprint density at radius 1 is 1.20 bits per heavy atom. The number of carbonyl (C=O) groups excluding carboxylic acids is 1. The normalized spacial score (nSPS) is 11.7. The summed E-state index contributed by atoms with van der Waals surface area (Å²) >= 11 is 0. The van der Waals surface area contributed by atoms with Crippen LogP contribution in [0.2, 0.25) is 0 Å². The van der Waals surface area contributed by atoms with Crippen molar-refractivity contribution in [3.05, 3.63) is 42.0 Å². The van der Waals surface area contributed by atoms with Crippen LogP contribution in [0, 0.1) is 0 Å². The van der Waals surface area contributed by atoms with E-state index in [1.54, 1.807) is 30.3 Å². The highest BCUT2D eigenvalue weighted by molar-refractivity contribution is 5.91. The summed E-state index contributed by atoms with van der Waals surface area (Å²) in [5, 5.41) is 0.864. The van der Waals surface area contributed by atoms with Gasteiger partial charge in [-0.15, -0.1) is 0 Å². The first-order valence-electron chi connectivity index (χ1n) is 4.09. The molecule has 0 aliphatic heterocycles. The Hall–Kier alpha value is -1.78. The van der Waals surface area contributed by atoms with Gasteiger partial charge in [0.05, 0.1) is 0 Å². The van der Waals surface area contributed by atoms with Gasteiger partial charge in [0, 0.05) is 6.08 Å². The van der Waals surface area contributed by atoms with E-state index in [1.165, 1.54) is 6.08 Å². The van der Waals surface area contributed by atoms with Gasteiger partial charge in [-0.2, -0.15) is 13.2 Å². The van der Waals surface area contributed by atoms with Gasteiger partial charge in [0.1, 0.15) is 0 Å². The summed E-state index contributed by atoms with van der Waals surface area (Å²) in [6, 6.07) is 8.57. The van der Waals surface area contributed by atoms with E-state index >= 15 is 0 Å². The number of amides is 1. The lowest BCUT2D eigenvalue weighted by Gasteiger charge is -2.04. The lowest BCUT2D eigenvalue weighted by Crippen LogP contribution is -2.35. The van der Waals surface area contributed by atoms with Crippen molar-refractivity contribution in [1.82, 2.24) is 5.32 Å². The second-order valence-electron chi connectivity index (χ2n) is 2.73. The second kappa shape index (κ2) is 4.63. The summed E-state index contributed by atoms with van der Waals surface area (Å²) in [5.41, 5.74) is 0.662. The zero-order chi connectivity index (χ0) is 11.3. The molecule has 0 heterocycles. The molecule has 0 aromatic heterocycles. The quantitative estimate of drug-likeness (QED) is 0.595. The van der Waals surface area contributed by atoms with Gasteiger partial charge in [0.25, 0.3) is 5.91 Å². The van der Waals surface area contributed by atoms with Crippen LogP contribution in [0.4, 0.5) is 13.2 Å². The van der Waals surface area contributed by atoms with Gasteiger partial charge < -0.3 is 0 Å². The number of hydrogen-bond donors (Lipinski definition) is 1. The highest BCUT2D eigenvalue weighted by atomic mass is 19.4. The van der Waals surface area contributed by atoms with Crippen LogP contribution in [0.25, 0.3) is 6.08 Å². The SMILES string of the molecule is O=C(C=Cc1ccccc1)NC(F)(F)F. The summed E-state index contributed by atoms with van der Waals surface area (Å²) in [7, 11) is 0. The highest BCUT2D eigenvalue weighted by Gasteiger charge is 2.28. The highest BCUT2D eigenvalue weighted by Crippen LogP contribution is 2.09. The first kappa shape index (κ1) is 11.3. The fourth-order valence-electron chi connectivity index (χ4n) is 0.917. The third kappa shape index (κ3) is 4.85. The van der Waals surface area contributed by atoms with E-state index in [1.807, 2.05) is 0 Å². The van der Waals surface area contributed by atoms with Crippen molar-refractivity contribution in [1.29, 1.82) is 0 Å². The molecule has 0 saturated heterocycles. The minimum Gasteiger partial charge on any atom is -0.270 e. The number of rotatable bonds is 2. The molecule has 0 fully saturated rings. The molecule has 2 nitrogen and oxygen atoms in total. The Morgan fingerprint density at radius 3 is 2.33 bits per heavy atom. The molecule has 0 aliphatic carbocycles. The summed E-state index contributed by atoms with van der Waals surface area (Å²) in [6.45, 7) is 0. The average molecular weight is 215 g/mol. The van der Waals surface area contributed by atoms with Gasteiger partial charge in [0.2, 0.25) is 0 Å². The molecule has 1 N–H and O–H groups in total. The first-order valence-corrected chi connectivity index (χ1v) is 4.09. The Bertz CT molecular complexity index is 357. The molecule has 1 rings (SSSR count). The van der Waals surface area contributed by atoms with Crippen LogP contribution >= 0.6 is 0 Å². The smallest absolute Gasteiger partial charge is 0.270 e. The van der Waals surface area contributed by atoms with Crippen LogP contribution < -0.4 is 5.32 Å². The van der Waals surface area contributed by atoms with Crippen molar-refractivity contribution < 1.29 is 18.0 Å². The molecule has 0 saturated carbocycles. The number of alkyl halides is 3. The van der Waals surface area contributed by atoms with Crippen molar-refractivity contribution in [3.63, 3.8) is 0 Å². The Balaban J connectivity index is 2.56. The largest absolute Gasteiger partial charge is 0.484 e. The number of hydrogen-bond acceptors (Lipinski definition) is 1. The molecule has 80 valence electrons. The maximum atomic E-state index is 11.7. The Kier molecular flexibility index (Phi) is 3.49. The van der Waals surface area contributed by atoms with E-state index in [9.17, 15) is 18.0 Å². The number of nitrogens with one attached hydrogen (secondary N) is 1. The first-order chi connectivity index (χ1) is 6.97. The van der Waals surface area contributed by atoms with Gasteiger partial charge in [0.15, 0.2) is 0 Å². The molecule has 5 heteroatoms. The number of benzene rings is 1. The molecule has 0 unspecified atom stereocenters. The van der Waals surface area contributed by atoms with Crippen molar-refractivity contribution in [3.8, 4) is 0 Å². The lowest BCUT2D eigenvalue weighted by molar-refractivity contribution is -0.166. The van der Waals surface area contributed by atoms with Crippen LogP contribution in [0.15, 0.2) is 36.4 Å². The van der Waals surface area contributed by atoms with Crippen LogP contribution in [0.3, 0.4) is 0 Å². The molecule has 0 radical (unpaired) electrons. The van der Waals surface area contributed by atoms with E-state index < -0.39 is 12.2 Å². The zero-order valence-corrected chi connectivity index (χ0v) is 7.58. The Morgan fingerprint density at radius 2 is 1.80 bits per heavy atom. The Labute approximate surface area is 84.4 Å². The summed E-state index contributed by atoms with van der Waals surface area (Å²) < 4.78 is 35.0. The third-order valence-corrected chi connectivity index (χ3v) is 1.49. The molecule has 1 aromatic rings. The molecule has 0 aliphatic rings. The van der Waals surface area contributed by atoms with E-state index in [-0.39, 0.29) is 0 Å². The van der Waals surface area contributed by atoms with E-state index in [4.69, 9.17) is 0 Å². The van der Waals surface area contributed by atoms with Gasteiger partial charge >= 0.3 is 6.30 Å². The predicted molar refractivity (Wildman–Crippen MR) is 49.7 cm³/mol. The molecular weight excluding hydrogens is 207 g/mol. The standard InChI is InChI=1S/C10H8F3NO/c11-10(12,13)14-9(15)7-6-8-4-2-1-3-5-8/h1-7H,(H,14,15). The summed E-state index contributed by atoms with van der Waals surface area (Å²) in [5.74, 6) is -1.19. The lowest BCUT2D eigenvalue weighted by atomic mass is 10.2. The van der Waals surface area contributed by atoms with Gasteiger partial charge in [-0.05, 0) is 11.6 Å². The topological polar surface area (TPSA) is 29.1 Å².